The predicted molar refractivity (Wildman–Crippen MR) is 114 cm³/mol. The first kappa shape index (κ1) is 22.9. The van der Waals surface area contributed by atoms with Gasteiger partial charge < -0.3 is 21.7 Å². The Labute approximate surface area is 175 Å². The second-order valence-corrected chi connectivity index (χ2v) is 8.97. The second kappa shape index (κ2) is 10.4. The number of nitrogens with one attached hydrogen (secondary N) is 3. The molecule has 2 aromatic rings. The highest BCUT2D eigenvalue weighted by molar-refractivity contribution is 7.90. The third-order valence-corrected chi connectivity index (χ3v) is 5.10. The van der Waals surface area contributed by atoms with Crippen LogP contribution in [0.3, 0.4) is 0 Å². The Balaban J connectivity index is 2.02. The van der Waals surface area contributed by atoms with Gasteiger partial charge in [-0.3, -0.25) is 9.59 Å². The van der Waals surface area contributed by atoms with Crippen LogP contribution in [0.1, 0.15) is 22.3 Å². The summed E-state index contributed by atoms with van der Waals surface area (Å²) in [4.78, 5) is 35.9. The molecule has 30 heavy (non-hydrogen) atoms. The Hall–Kier alpha value is -3.40. The number of nitrogens with two attached hydrogens (primary N) is 1. The van der Waals surface area contributed by atoms with E-state index in [0.717, 1.165) is 11.8 Å². The van der Waals surface area contributed by atoms with Crippen molar-refractivity contribution in [3.05, 3.63) is 65.7 Å². The molecule has 1 atom stereocenters. The molecule has 5 N–H and O–H groups in total. The number of rotatable bonds is 9. The largest absolute Gasteiger partial charge is 0.351 e. The zero-order valence-corrected chi connectivity index (χ0v) is 17.2. The standard InChI is InChI=1S/C20H24N4O5S/c1-30(28,29)12-11-17(24-18(25)15-5-3-2-4-6-15)19(26)22-13-14-7-9-16(10-8-14)23-20(21)27/h2-10,17H,11-13H2,1H3,(H,22,26)(H,24,25)(H3,21,23,27). The normalized spacial score (nSPS) is 11.9. The van der Waals surface area contributed by atoms with Crippen molar-refractivity contribution in [2.24, 2.45) is 5.73 Å². The number of hydrogen-bond donors (Lipinski definition) is 4. The van der Waals surface area contributed by atoms with Crippen LogP contribution < -0.4 is 21.7 Å². The average Bonchev–Trinajstić information content (AvgIpc) is 2.69. The number of primary amides is 1. The first-order valence-corrected chi connectivity index (χ1v) is 11.2. The van der Waals surface area contributed by atoms with Gasteiger partial charge >= 0.3 is 6.03 Å². The van der Waals surface area contributed by atoms with Gasteiger partial charge in [-0.2, -0.15) is 0 Å². The highest BCUT2D eigenvalue weighted by Gasteiger charge is 2.22. The van der Waals surface area contributed by atoms with Crippen LogP contribution in [0.2, 0.25) is 0 Å². The molecule has 0 bridgehead atoms. The van der Waals surface area contributed by atoms with Crippen molar-refractivity contribution < 1.29 is 22.8 Å². The van der Waals surface area contributed by atoms with E-state index in [1.807, 2.05) is 0 Å². The van der Waals surface area contributed by atoms with E-state index in [0.29, 0.717) is 11.3 Å². The fourth-order valence-electron chi connectivity index (χ4n) is 2.59. The number of carbonyl (C=O) groups is 3. The molecule has 4 amide bonds. The zero-order chi connectivity index (χ0) is 22.1. The lowest BCUT2D eigenvalue weighted by atomic mass is 10.1. The number of anilines is 1. The smallest absolute Gasteiger partial charge is 0.316 e. The van der Waals surface area contributed by atoms with Crippen LogP contribution >= 0.6 is 0 Å². The minimum absolute atomic E-state index is 0.0509. The lowest BCUT2D eigenvalue weighted by Crippen LogP contribution is -2.47. The maximum absolute atomic E-state index is 12.6. The quantitative estimate of drug-likeness (QED) is 0.467. The molecule has 0 fully saturated rings. The molecule has 10 heteroatoms. The van der Waals surface area contributed by atoms with Crippen molar-refractivity contribution in [1.82, 2.24) is 10.6 Å². The molecule has 0 saturated carbocycles. The number of carbonyl (C=O) groups excluding carboxylic acids is 3. The summed E-state index contributed by atoms with van der Waals surface area (Å²) < 4.78 is 23.0. The van der Waals surface area contributed by atoms with Gasteiger partial charge in [0, 0.05) is 24.1 Å². The average molecular weight is 433 g/mol. The Morgan fingerprint density at radius 3 is 2.20 bits per heavy atom. The predicted octanol–water partition coefficient (Wildman–Crippen LogP) is 1.03. The van der Waals surface area contributed by atoms with E-state index in [4.69, 9.17) is 5.73 Å². The molecule has 0 spiro atoms. The molecule has 2 rings (SSSR count). The fourth-order valence-corrected chi connectivity index (χ4v) is 3.26. The molecule has 0 radical (unpaired) electrons. The van der Waals surface area contributed by atoms with Gasteiger partial charge in [0.25, 0.3) is 5.91 Å². The Morgan fingerprint density at radius 2 is 1.63 bits per heavy atom. The van der Waals surface area contributed by atoms with E-state index >= 15 is 0 Å². The van der Waals surface area contributed by atoms with Crippen LogP contribution in [-0.4, -0.2) is 44.3 Å². The molecule has 0 aliphatic heterocycles. The maximum Gasteiger partial charge on any atom is 0.316 e. The number of hydrogen-bond acceptors (Lipinski definition) is 5. The van der Waals surface area contributed by atoms with Crippen LogP contribution in [0.15, 0.2) is 54.6 Å². The molecule has 0 heterocycles. The molecule has 2 aromatic carbocycles. The van der Waals surface area contributed by atoms with Crippen LogP contribution in [0.5, 0.6) is 0 Å². The number of benzene rings is 2. The van der Waals surface area contributed by atoms with E-state index in [9.17, 15) is 22.8 Å². The van der Waals surface area contributed by atoms with Gasteiger partial charge in [-0.05, 0) is 36.2 Å². The molecule has 0 aliphatic carbocycles. The van der Waals surface area contributed by atoms with Crippen molar-refractivity contribution in [2.75, 3.05) is 17.3 Å². The van der Waals surface area contributed by atoms with Gasteiger partial charge in [-0.1, -0.05) is 30.3 Å². The second-order valence-electron chi connectivity index (χ2n) is 6.71. The lowest BCUT2D eigenvalue weighted by Gasteiger charge is -2.18. The van der Waals surface area contributed by atoms with Gasteiger partial charge in [0.05, 0.1) is 5.75 Å². The van der Waals surface area contributed by atoms with E-state index in [2.05, 4.69) is 16.0 Å². The van der Waals surface area contributed by atoms with Crippen LogP contribution in [0.25, 0.3) is 0 Å². The number of urea groups is 1. The van der Waals surface area contributed by atoms with Gasteiger partial charge in [0.1, 0.15) is 15.9 Å². The molecule has 0 aromatic heterocycles. The van der Waals surface area contributed by atoms with E-state index in [-0.39, 0.29) is 18.7 Å². The first-order chi connectivity index (χ1) is 14.1. The molecule has 9 nitrogen and oxygen atoms in total. The van der Waals surface area contributed by atoms with Crippen LogP contribution in [-0.2, 0) is 21.2 Å². The summed E-state index contributed by atoms with van der Waals surface area (Å²) in [6.07, 6.45) is 1.02. The fraction of sp³-hybridized carbons (Fsp3) is 0.250. The zero-order valence-electron chi connectivity index (χ0n) is 16.4. The highest BCUT2D eigenvalue weighted by atomic mass is 32.2. The highest BCUT2D eigenvalue weighted by Crippen LogP contribution is 2.09. The van der Waals surface area contributed by atoms with Crippen molar-refractivity contribution in [2.45, 2.75) is 19.0 Å². The van der Waals surface area contributed by atoms with Crippen molar-refractivity contribution in [3.8, 4) is 0 Å². The Bertz CT molecular complexity index is 992. The first-order valence-electron chi connectivity index (χ1n) is 9.11. The van der Waals surface area contributed by atoms with Gasteiger partial charge in [-0.25, -0.2) is 13.2 Å². The molecule has 0 saturated heterocycles. The van der Waals surface area contributed by atoms with Crippen LogP contribution in [0.4, 0.5) is 10.5 Å². The van der Waals surface area contributed by atoms with Gasteiger partial charge in [-0.15, -0.1) is 0 Å². The number of sulfone groups is 1. The van der Waals surface area contributed by atoms with Crippen LogP contribution in [0, 0.1) is 0 Å². The van der Waals surface area contributed by atoms with E-state index < -0.39 is 33.7 Å². The topological polar surface area (TPSA) is 147 Å². The van der Waals surface area contributed by atoms with Crippen molar-refractivity contribution in [3.63, 3.8) is 0 Å². The summed E-state index contributed by atoms with van der Waals surface area (Å²) in [6.45, 7) is 0.159. The lowest BCUT2D eigenvalue weighted by molar-refractivity contribution is -0.123. The minimum Gasteiger partial charge on any atom is -0.351 e. The maximum atomic E-state index is 12.6. The summed E-state index contributed by atoms with van der Waals surface area (Å²) >= 11 is 0. The van der Waals surface area contributed by atoms with Gasteiger partial charge in [0.15, 0.2) is 0 Å². The Kier molecular flexibility index (Phi) is 7.93. The molecule has 160 valence electrons. The Morgan fingerprint density at radius 1 is 1.00 bits per heavy atom. The third kappa shape index (κ3) is 7.92. The minimum atomic E-state index is -3.31. The molecular weight excluding hydrogens is 408 g/mol. The van der Waals surface area contributed by atoms with Crippen molar-refractivity contribution in [1.29, 1.82) is 0 Å². The van der Waals surface area contributed by atoms with E-state index in [1.54, 1.807) is 54.6 Å². The number of amides is 4. The molecular formula is C20H24N4O5S. The summed E-state index contributed by atoms with van der Waals surface area (Å²) in [7, 11) is -3.31. The monoisotopic (exact) mass is 432 g/mol. The third-order valence-electron chi connectivity index (χ3n) is 4.12. The van der Waals surface area contributed by atoms with E-state index in [1.165, 1.54) is 0 Å². The summed E-state index contributed by atoms with van der Waals surface area (Å²) in [5.41, 5.74) is 6.68. The summed E-state index contributed by atoms with van der Waals surface area (Å²) in [5.74, 6) is -1.21. The van der Waals surface area contributed by atoms with Gasteiger partial charge in [0.2, 0.25) is 5.91 Å². The molecule has 1 unspecified atom stereocenters. The summed E-state index contributed by atoms with van der Waals surface area (Å²) in [6, 6.07) is 13.3. The SMILES string of the molecule is CS(=O)(=O)CCC(NC(=O)c1ccccc1)C(=O)NCc1ccc(NC(N)=O)cc1. The van der Waals surface area contributed by atoms with Crippen molar-refractivity contribution >= 4 is 33.4 Å². The summed E-state index contributed by atoms with van der Waals surface area (Å²) in [5, 5.41) is 7.72. The molecule has 0 aliphatic rings.